The van der Waals surface area contributed by atoms with Crippen LogP contribution in [0.25, 0.3) is 0 Å². The summed E-state index contributed by atoms with van der Waals surface area (Å²) in [6.07, 6.45) is 4.53. The van der Waals surface area contributed by atoms with Gasteiger partial charge in [-0.25, -0.2) is 0 Å². The fourth-order valence-electron chi connectivity index (χ4n) is 1.89. The Bertz CT molecular complexity index is 387. The van der Waals surface area contributed by atoms with Crippen LogP contribution in [0.4, 0.5) is 0 Å². The number of rotatable bonds is 8. The zero-order valence-corrected chi connectivity index (χ0v) is 14.0. The molecule has 1 amide bonds. The molecule has 1 aromatic rings. The quantitative estimate of drug-likeness (QED) is 0.726. The van der Waals surface area contributed by atoms with E-state index in [1.807, 2.05) is 13.0 Å². The Morgan fingerprint density at radius 1 is 1.37 bits per heavy atom. The van der Waals surface area contributed by atoms with E-state index in [-0.39, 0.29) is 12.5 Å². The van der Waals surface area contributed by atoms with E-state index >= 15 is 0 Å². The SMILES string of the molecule is CCCCCCN(CCO)C(=O)c1cc(C)c(Br)s1. The molecule has 0 aliphatic rings. The summed E-state index contributed by atoms with van der Waals surface area (Å²) < 4.78 is 1.01. The van der Waals surface area contributed by atoms with Crippen LogP contribution in [0.1, 0.15) is 47.8 Å². The van der Waals surface area contributed by atoms with Crippen LogP contribution in [0.2, 0.25) is 0 Å². The van der Waals surface area contributed by atoms with E-state index in [0.717, 1.165) is 33.6 Å². The van der Waals surface area contributed by atoms with Crippen LogP contribution in [0.15, 0.2) is 9.85 Å². The molecule has 0 bridgehead atoms. The molecule has 0 fully saturated rings. The molecule has 0 spiro atoms. The van der Waals surface area contributed by atoms with Crippen molar-refractivity contribution in [3.63, 3.8) is 0 Å². The van der Waals surface area contributed by atoms with Crippen LogP contribution in [-0.2, 0) is 0 Å². The van der Waals surface area contributed by atoms with E-state index < -0.39 is 0 Å². The summed E-state index contributed by atoms with van der Waals surface area (Å²) in [5.41, 5.74) is 1.09. The van der Waals surface area contributed by atoms with E-state index in [0.29, 0.717) is 6.54 Å². The topological polar surface area (TPSA) is 40.5 Å². The molecular formula is C14H22BrNO2S. The second-order valence-corrected chi connectivity index (χ2v) is 7.01. The molecule has 0 radical (unpaired) electrons. The van der Waals surface area contributed by atoms with Crippen molar-refractivity contribution in [1.29, 1.82) is 0 Å². The number of nitrogens with zero attached hydrogens (tertiary/aromatic N) is 1. The van der Waals surface area contributed by atoms with Gasteiger partial charge in [-0.2, -0.15) is 0 Å². The largest absolute Gasteiger partial charge is 0.395 e. The van der Waals surface area contributed by atoms with Gasteiger partial charge in [0.25, 0.3) is 5.91 Å². The van der Waals surface area contributed by atoms with Crippen molar-refractivity contribution in [2.75, 3.05) is 19.7 Å². The first-order valence-corrected chi connectivity index (χ1v) is 8.37. The number of carbonyl (C=O) groups is 1. The fraction of sp³-hybridized carbons (Fsp3) is 0.643. The number of unbranched alkanes of at least 4 members (excludes halogenated alkanes) is 3. The van der Waals surface area contributed by atoms with E-state index in [1.165, 1.54) is 24.2 Å². The van der Waals surface area contributed by atoms with Gasteiger partial charge >= 0.3 is 0 Å². The summed E-state index contributed by atoms with van der Waals surface area (Å²) in [6, 6.07) is 1.91. The summed E-state index contributed by atoms with van der Waals surface area (Å²) in [5.74, 6) is 0.0318. The van der Waals surface area contributed by atoms with Crippen molar-refractivity contribution in [2.45, 2.75) is 39.5 Å². The molecule has 1 rings (SSSR count). The highest BCUT2D eigenvalue weighted by atomic mass is 79.9. The lowest BCUT2D eigenvalue weighted by Gasteiger charge is -2.21. The minimum atomic E-state index is 0.0189. The van der Waals surface area contributed by atoms with Gasteiger partial charge in [-0.1, -0.05) is 26.2 Å². The third-order valence-electron chi connectivity index (χ3n) is 3.01. The maximum atomic E-state index is 12.4. The third kappa shape index (κ3) is 5.24. The number of hydrogen-bond acceptors (Lipinski definition) is 3. The Morgan fingerprint density at radius 2 is 2.11 bits per heavy atom. The normalized spacial score (nSPS) is 10.7. The molecule has 1 N–H and O–H groups in total. The Balaban J connectivity index is 2.61. The number of amides is 1. The van der Waals surface area contributed by atoms with Gasteiger partial charge in [-0.15, -0.1) is 11.3 Å². The molecule has 0 saturated heterocycles. The first kappa shape index (κ1) is 16.7. The molecule has 0 aliphatic carbocycles. The number of aryl methyl sites for hydroxylation is 1. The second kappa shape index (κ2) is 8.72. The van der Waals surface area contributed by atoms with Crippen molar-refractivity contribution in [1.82, 2.24) is 4.90 Å². The van der Waals surface area contributed by atoms with Crippen LogP contribution < -0.4 is 0 Å². The zero-order chi connectivity index (χ0) is 14.3. The molecular weight excluding hydrogens is 326 g/mol. The molecule has 108 valence electrons. The van der Waals surface area contributed by atoms with Gasteiger partial charge in [0.1, 0.15) is 0 Å². The molecule has 0 aromatic carbocycles. The van der Waals surface area contributed by atoms with Crippen molar-refractivity contribution in [3.05, 3.63) is 20.3 Å². The number of hydrogen-bond donors (Lipinski definition) is 1. The monoisotopic (exact) mass is 347 g/mol. The molecule has 0 unspecified atom stereocenters. The standard InChI is InChI=1S/C14H22BrNO2S/c1-3-4-5-6-7-16(8-9-17)14(18)12-10-11(2)13(15)19-12/h10,17H,3-9H2,1-2H3. The minimum absolute atomic E-state index is 0.0189. The van der Waals surface area contributed by atoms with Gasteiger partial charge in [0, 0.05) is 13.1 Å². The minimum Gasteiger partial charge on any atom is -0.395 e. The van der Waals surface area contributed by atoms with Crippen LogP contribution >= 0.6 is 27.3 Å². The molecule has 19 heavy (non-hydrogen) atoms. The lowest BCUT2D eigenvalue weighted by molar-refractivity contribution is 0.0723. The van der Waals surface area contributed by atoms with E-state index in [4.69, 9.17) is 5.11 Å². The number of thiophene rings is 1. The van der Waals surface area contributed by atoms with E-state index in [1.54, 1.807) is 4.90 Å². The summed E-state index contributed by atoms with van der Waals surface area (Å²) >= 11 is 4.91. The molecule has 0 aliphatic heterocycles. The van der Waals surface area contributed by atoms with Crippen LogP contribution in [0, 0.1) is 6.92 Å². The summed E-state index contributed by atoms with van der Waals surface area (Å²) in [5, 5.41) is 9.10. The van der Waals surface area contributed by atoms with Gasteiger partial charge in [0.05, 0.1) is 15.3 Å². The maximum Gasteiger partial charge on any atom is 0.264 e. The summed E-state index contributed by atoms with van der Waals surface area (Å²) in [4.78, 5) is 14.9. The molecule has 5 heteroatoms. The molecule has 1 aromatic heterocycles. The van der Waals surface area contributed by atoms with Gasteiger partial charge < -0.3 is 10.0 Å². The average molecular weight is 348 g/mol. The third-order valence-corrected chi connectivity index (χ3v) is 5.13. The zero-order valence-electron chi connectivity index (χ0n) is 11.6. The highest BCUT2D eigenvalue weighted by Gasteiger charge is 2.18. The molecule has 0 saturated carbocycles. The number of aliphatic hydroxyl groups excluding tert-OH is 1. The Labute approximate surface area is 127 Å². The lowest BCUT2D eigenvalue weighted by Crippen LogP contribution is -2.34. The maximum absolute atomic E-state index is 12.4. The summed E-state index contributed by atoms with van der Waals surface area (Å²) in [6.45, 7) is 5.32. The van der Waals surface area contributed by atoms with Gasteiger partial charge in [0.2, 0.25) is 0 Å². The van der Waals surface area contributed by atoms with E-state index in [2.05, 4.69) is 22.9 Å². The van der Waals surface area contributed by atoms with Crippen LogP contribution in [0.5, 0.6) is 0 Å². The number of aliphatic hydroxyl groups is 1. The highest BCUT2D eigenvalue weighted by Crippen LogP contribution is 2.28. The summed E-state index contributed by atoms with van der Waals surface area (Å²) in [7, 11) is 0. The van der Waals surface area contributed by atoms with Crippen molar-refractivity contribution < 1.29 is 9.90 Å². The molecule has 1 heterocycles. The predicted octanol–water partition coefficient (Wildman–Crippen LogP) is 3.83. The van der Waals surface area contributed by atoms with Gasteiger partial charge in [-0.3, -0.25) is 4.79 Å². The fourth-order valence-corrected chi connectivity index (χ4v) is 3.39. The van der Waals surface area contributed by atoms with E-state index in [9.17, 15) is 4.79 Å². The van der Waals surface area contributed by atoms with Crippen LogP contribution in [-0.4, -0.2) is 35.6 Å². The Kier molecular flexibility index (Phi) is 7.64. The van der Waals surface area contributed by atoms with Crippen molar-refractivity contribution >= 4 is 33.2 Å². The number of halogens is 1. The second-order valence-electron chi connectivity index (χ2n) is 4.64. The van der Waals surface area contributed by atoms with Gasteiger partial charge in [-0.05, 0) is 40.9 Å². The lowest BCUT2D eigenvalue weighted by atomic mass is 10.2. The van der Waals surface area contributed by atoms with Gasteiger partial charge in [0.15, 0.2) is 0 Å². The van der Waals surface area contributed by atoms with Crippen molar-refractivity contribution in [3.8, 4) is 0 Å². The Morgan fingerprint density at radius 3 is 2.63 bits per heavy atom. The van der Waals surface area contributed by atoms with Crippen molar-refractivity contribution in [2.24, 2.45) is 0 Å². The number of carbonyl (C=O) groups excluding carboxylic acids is 1. The molecule has 0 atom stereocenters. The highest BCUT2D eigenvalue weighted by molar-refractivity contribution is 9.11. The average Bonchev–Trinajstić information content (AvgIpc) is 2.72. The smallest absolute Gasteiger partial charge is 0.264 e. The van der Waals surface area contributed by atoms with Crippen LogP contribution in [0.3, 0.4) is 0 Å². The first-order chi connectivity index (χ1) is 9.10. The molecule has 3 nitrogen and oxygen atoms in total. The first-order valence-electron chi connectivity index (χ1n) is 6.76. The Hall–Kier alpha value is -0.390. The predicted molar refractivity (Wildman–Crippen MR) is 83.9 cm³/mol.